The maximum absolute atomic E-state index is 13.2. The van der Waals surface area contributed by atoms with Crippen LogP contribution in [0, 0.1) is 11.7 Å². The van der Waals surface area contributed by atoms with Crippen molar-refractivity contribution in [3.8, 4) is 11.4 Å². The highest BCUT2D eigenvalue weighted by Crippen LogP contribution is 2.22. The van der Waals surface area contributed by atoms with Crippen LogP contribution in [-0.4, -0.2) is 9.97 Å². The smallest absolute Gasteiger partial charge is 0.251 e. The van der Waals surface area contributed by atoms with E-state index >= 15 is 0 Å². The first-order chi connectivity index (χ1) is 8.95. The number of halogens is 2. The van der Waals surface area contributed by atoms with Crippen LogP contribution in [0.3, 0.4) is 0 Å². The van der Waals surface area contributed by atoms with Gasteiger partial charge in [0.05, 0.1) is 4.47 Å². The van der Waals surface area contributed by atoms with Crippen LogP contribution in [0.5, 0.6) is 0 Å². The lowest BCUT2D eigenvalue weighted by Crippen LogP contribution is -2.11. The van der Waals surface area contributed by atoms with Gasteiger partial charge >= 0.3 is 0 Å². The van der Waals surface area contributed by atoms with Crippen LogP contribution in [0.2, 0.25) is 0 Å². The molecule has 1 aromatic heterocycles. The maximum atomic E-state index is 13.2. The van der Waals surface area contributed by atoms with E-state index in [4.69, 9.17) is 0 Å². The van der Waals surface area contributed by atoms with Gasteiger partial charge < -0.3 is 4.98 Å². The molecule has 1 aromatic carbocycles. The molecule has 3 nitrogen and oxygen atoms in total. The topological polar surface area (TPSA) is 45.8 Å². The summed E-state index contributed by atoms with van der Waals surface area (Å²) in [4.78, 5) is 18.7. The Morgan fingerprint density at radius 2 is 2.11 bits per heavy atom. The molecule has 0 saturated heterocycles. The number of benzene rings is 1. The molecule has 1 heterocycles. The Balaban J connectivity index is 2.46. The van der Waals surface area contributed by atoms with Crippen molar-refractivity contribution in [1.29, 1.82) is 0 Å². The molecule has 0 bridgehead atoms. The Morgan fingerprint density at radius 3 is 2.74 bits per heavy atom. The van der Waals surface area contributed by atoms with Crippen LogP contribution in [-0.2, 0) is 6.42 Å². The third-order valence-corrected chi connectivity index (χ3v) is 3.21. The van der Waals surface area contributed by atoms with Crippen molar-refractivity contribution in [2.75, 3.05) is 0 Å². The fourth-order valence-corrected chi connectivity index (χ4v) is 2.19. The normalized spacial score (nSPS) is 11.0. The largest absolute Gasteiger partial charge is 0.307 e. The maximum Gasteiger partial charge on any atom is 0.251 e. The zero-order valence-electron chi connectivity index (χ0n) is 10.7. The van der Waals surface area contributed by atoms with Gasteiger partial charge in [-0.15, -0.1) is 0 Å². The Bertz CT molecular complexity index is 652. The number of hydrogen-bond acceptors (Lipinski definition) is 2. The van der Waals surface area contributed by atoms with Crippen LogP contribution in [0.4, 0.5) is 4.39 Å². The molecule has 1 N–H and O–H groups in total. The van der Waals surface area contributed by atoms with Crippen LogP contribution >= 0.6 is 15.9 Å². The van der Waals surface area contributed by atoms with Gasteiger partial charge in [0.2, 0.25) is 0 Å². The standard InChI is InChI=1S/C14H14BrFN2O/c1-8(2)5-10-7-13(19)18-14(17-10)9-3-4-12(16)11(15)6-9/h3-4,6-8H,5H2,1-2H3,(H,17,18,19). The molecule has 100 valence electrons. The summed E-state index contributed by atoms with van der Waals surface area (Å²) in [6.45, 7) is 4.13. The lowest BCUT2D eigenvalue weighted by atomic mass is 10.1. The highest BCUT2D eigenvalue weighted by atomic mass is 79.9. The fraction of sp³-hybridized carbons (Fsp3) is 0.286. The predicted octanol–water partition coefficient (Wildman–Crippen LogP) is 3.54. The van der Waals surface area contributed by atoms with E-state index in [9.17, 15) is 9.18 Å². The minimum atomic E-state index is -0.343. The number of hydrogen-bond donors (Lipinski definition) is 1. The van der Waals surface area contributed by atoms with Crippen molar-refractivity contribution in [1.82, 2.24) is 9.97 Å². The number of nitrogens with zero attached hydrogens (tertiary/aromatic N) is 1. The van der Waals surface area contributed by atoms with E-state index < -0.39 is 0 Å². The Hall–Kier alpha value is -1.49. The monoisotopic (exact) mass is 324 g/mol. The van der Waals surface area contributed by atoms with Gasteiger partial charge in [0.1, 0.15) is 11.6 Å². The molecule has 0 aliphatic rings. The first-order valence-corrected chi connectivity index (χ1v) is 6.80. The Morgan fingerprint density at radius 1 is 1.37 bits per heavy atom. The summed E-state index contributed by atoms with van der Waals surface area (Å²) in [5.41, 5.74) is 1.23. The SMILES string of the molecule is CC(C)Cc1cc(=O)[nH]c(-c2ccc(F)c(Br)c2)n1. The second kappa shape index (κ2) is 5.65. The molecule has 0 aliphatic heterocycles. The molecule has 0 unspecified atom stereocenters. The summed E-state index contributed by atoms with van der Waals surface area (Å²) in [7, 11) is 0. The Labute approximate surface area is 119 Å². The minimum absolute atomic E-state index is 0.193. The third kappa shape index (κ3) is 3.50. The fourth-order valence-electron chi connectivity index (χ4n) is 1.81. The van der Waals surface area contributed by atoms with E-state index in [-0.39, 0.29) is 11.4 Å². The average Bonchev–Trinajstić information content (AvgIpc) is 2.31. The molecule has 0 radical (unpaired) electrons. The number of H-pyrrole nitrogens is 1. The van der Waals surface area contributed by atoms with E-state index in [2.05, 4.69) is 39.7 Å². The summed E-state index contributed by atoms with van der Waals surface area (Å²) in [6, 6.07) is 6.04. The summed E-state index contributed by atoms with van der Waals surface area (Å²) in [6.07, 6.45) is 0.735. The summed E-state index contributed by atoms with van der Waals surface area (Å²) < 4.78 is 13.6. The molecular formula is C14H14BrFN2O. The molecular weight excluding hydrogens is 311 g/mol. The molecule has 2 rings (SSSR count). The van der Waals surface area contributed by atoms with Gasteiger partial charge in [0.25, 0.3) is 5.56 Å². The van der Waals surface area contributed by atoms with Gasteiger partial charge in [0, 0.05) is 17.3 Å². The number of rotatable bonds is 3. The lowest BCUT2D eigenvalue weighted by molar-refractivity contribution is 0.621. The zero-order valence-corrected chi connectivity index (χ0v) is 12.3. The highest BCUT2D eigenvalue weighted by molar-refractivity contribution is 9.10. The van der Waals surface area contributed by atoms with Crippen molar-refractivity contribution in [2.45, 2.75) is 20.3 Å². The molecule has 2 aromatic rings. The predicted molar refractivity (Wildman–Crippen MR) is 76.5 cm³/mol. The number of nitrogens with one attached hydrogen (secondary N) is 1. The molecule has 0 aliphatic carbocycles. The van der Waals surface area contributed by atoms with Crippen molar-refractivity contribution >= 4 is 15.9 Å². The van der Waals surface area contributed by atoms with Crippen molar-refractivity contribution in [2.24, 2.45) is 5.92 Å². The van der Waals surface area contributed by atoms with Gasteiger partial charge in [-0.25, -0.2) is 9.37 Å². The second-order valence-electron chi connectivity index (χ2n) is 4.81. The van der Waals surface area contributed by atoms with Gasteiger partial charge in [-0.1, -0.05) is 13.8 Å². The van der Waals surface area contributed by atoms with Crippen molar-refractivity contribution in [3.05, 3.63) is 50.6 Å². The summed E-state index contributed by atoms with van der Waals surface area (Å²) in [5, 5.41) is 0. The summed E-state index contributed by atoms with van der Waals surface area (Å²) in [5.74, 6) is 0.537. The summed E-state index contributed by atoms with van der Waals surface area (Å²) >= 11 is 3.13. The first kappa shape index (κ1) is 13.9. The molecule has 0 atom stereocenters. The molecule has 0 fully saturated rings. The van der Waals surface area contributed by atoms with Gasteiger partial charge in [-0.05, 0) is 46.5 Å². The molecule has 5 heteroatoms. The van der Waals surface area contributed by atoms with E-state index in [1.54, 1.807) is 12.1 Å². The molecule has 19 heavy (non-hydrogen) atoms. The lowest BCUT2D eigenvalue weighted by Gasteiger charge is -2.07. The van der Waals surface area contributed by atoms with Crippen molar-refractivity contribution in [3.63, 3.8) is 0 Å². The number of aromatic nitrogens is 2. The van der Waals surface area contributed by atoms with Gasteiger partial charge in [0.15, 0.2) is 0 Å². The van der Waals surface area contributed by atoms with E-state index in [1.165, 1.54) is 12.1 Å². The van der Waals surface area contributed by atoms with E-state index in [0.717, 1.165) is 12.1 Å². The first-order valence-electron chi connectivity index (χ1n) is 6.01. The quantitative estimate of drug-likeness (QED) is 0.938. The highest BCUT2D eigenvalue weighted by Gasteiger charge is 2.08. The van der Waals surface area contributed by atoms with E-state index in [0.29, 0.717) is 21.8 Å². The van der Waals surface area contributed by atoms with Crippen LogP contribution < -0.4 is 5.56 Å². The third-order valence-electron chi connectivity index (χ3n) is 2.61. The zero-order chi connectivity index (χ0) is 14.0. The Kier molecular flexibility index (Phi) is 4.14. The van der Waals surface area contributed by atoms with Gasteiger partial charge in [-0.2, -0.15) is 0 Å². The molecule has 0 saturated carbocycles. The average molecular weight is 325 g/mol. The van der Waals surface area contributed by atoms with Crippen LogP contribution in [0.25, 0.3) is 11.4 Å². The number of aromatic amines is 1. The molecule has 0 spiro atoms. The van der Waals surface area contributed by atoms with Gasteiger partial charge in [-0.3, -0.25) is 4.79 Å². The van der Waals surface area contributed by atoms with Crippen LogP contribution in [0.15, 0.2) is 33.5 Å². The molecule has 0 amide bonds. The van der Waals surface area contributed by atoms with Crippen LogP contribution in [0.1, 0.15) is 19.5 Å². The second-order valence-corrected chi connectivity index (χ2v) is 5.67. The van der Waals surface area contributed by atoms with Crippen molar-refractivity contribution < 1.29 is 4.39 Å². The van der Waals surface area contributed by atoms with E-state index in [1.807, 2.05) is 0 Å². The minimum Gasteiger partial charge on any atom is -0.307 e.